The second-order valence-electron chi connectivity index (χ2n) is 6.75. The fourth-order valence-corrected chi connectivity index (χ4v) is 6.40. The van der Waals surface area contributed by atoms with Crippen LogP contribution in [-0.2, 0) is 46.2 Å². The molecule has 1 aromatic rings. The number of nitrogens with zero attached hydrogens (tertiary/aromatic N) is 3. The summed E-state index contributed by atoms with van der Waals surface area (Å²) in [5, 5.41) is 0. The van der Waals surface area contributed by atoms with E-state index in [1.54, 1.807) is 0 Å². The van der Waals surface area contributed by atoms with Crippen molar-refractivity contribution in [3.8, 4) is 0 Å². The van der Waals surface area contributed by atoms with E-state index in [2.05, 4.69) is 0 Å². The number of hydrogen-bond donors (Lipinski definition) is 0. The molecule has 1 aromatic heterocycles. The second-order valence-corrected chi connectivity index (χ2v) is 12.9. The average Bonchev–Trinajstić information content (AvgIpc) is 2.79. The van der Waals surface area contributed by atoms with E-state index in [1.807, 2.05) is 6.92 Å². The average molecular weight is 482 g/mol. The van der Waals surface area contributed by atoms with Crippen LogP contribution in [0.3, 0.4) is 0 Å². The summed E-state index contributed by atoms with van der Waals surface area (Å²) in [5.74, 6) is 0. The third kappa shape index (κ3) is 6.32. The number of unbranched alkanes of at least 4 members (excludes halogenated alkanes) is 1. The Morgan fingerprint density at radius 2 is 0.871 bits per heavy atom. The first-order valence-corrected chi connectivity index (χ1v) is 13.9. The van der Waals surface area contributed by atoms with Crippen molar-refractivity contribution in [2.45, 2.75) is 51.5 Å². The lowest BCUT2D eigenvalue weighted by Gasteiger charge is -2.25. The number of rotatable bonds is 15. The molecule has 0 aliphatic rings. The van der Waals surface area contributed by atoms with Gasteiger partial charge in [-0.05, 0) is 6.42 Å². The Hall–Kier alpha value is -1.40. The van der Waals surface area contributed by atoms with Crippen LogP contribution in [0.4, 0.5) is 0 Å². The van der Waals surface area contributed by atoms with Crippen molar-refractivity contribution in [2.75, 3.05) is 42.7 Å². The number of aromatic nitrogens is 3. The quantitative estimate of drug-likeness (QED) is 0.312. The first-order chi connectivity index (χ1) is 14.7. The molecular formula is C17H35N3O9Si2. The summed E-state index contributed by atoms with van der Waals surface area (Å²) in [6.07, 6.45) is 1.40. The van der Waals surface area contributed by atoms with Crippen molar-refractivity contribution in [1.29, 1.82) is 0 Å². The Bertz CT molecular complexity index is 781. The van der Waals surface area contributed by atoms with Crippen molar-refractivity contribution >= 4 is 17.6 Å². The molecule has 0 radical (unpaired) electrons. The van der Waals surface area contributed by atoms with Crippen molar-refractivity contribution in [3.63, 3.8) is 0 Å². The van der Waals surface area contributed by atoms with Crippen LogP contribution in [0, 0.1) is 0 Å². The molecule has 0 bridgehead atoms. The molecule has 0 atom stereocenters. The van der Waals surface area contributed by atoms with Gasteiger partial charge < -0.3 is 26.6 Å². The van der Waals surface area contributed by atoms with Crippen LogP contribution in [0.2, 0.25) is 12.1 Å². The van der Waals surface area contributed by atoms with Crippen LogP contribution in [0.15, 0.2) is 14.4 Å². The number of hydrogen-bond acceptors (Lipinski definition) is 9. The van der Waals surface area contributed by atoms with E-state index in [-0.39, 0.29) is 31.7 Å². The fourth-order valence-electron chi connectivity index (χ4n) is 3.18. The zero-order valence-corrected chi connectivity index (χ0v) is 21.5. The molecule has 0 amide bonds. The minimum atomic E-state index is -3.03. The molecule has 0 unspecified atom stereocenters. The third-order valence-electron chi connectivity index (χ3n) is 5.27. The summed E-state index contributed by atoms with van der Waals surface area (Å²) in [6.45, 7) is 2.11. The molecule has 180 valence electrons. The molecular weight excluding hydrogens is 446 g/mol. The zero-order valence-electron chi connectivity index (χ0n) is 19.5. The van der Waals surface area contributed by atoms with Gasteiger partial charge in [0.15, 0.2) is 0 Å². The Labute approximate surface area is 183 Å². The van der Waals surface area contributed by atoms with Crippen molar-refractivity contribution in [1.82, 2.24) is 13.7 Å². The van der Waals surface area contributed by atoms with Crippen LogP contribution >= 0.6 is 0 Å². The van der Waals surface area contributed by atoms with E-state index < -0.39 is 34.7 Å². The van der Waals surface area contributed by atoms with Gasteiger partial charge in [0, 0.05) is 74.4 Å². The normalized spacial score (nSPS) is 12.5. The minimum absolute atomic E-state index is 0.0206. The standard InChI is InChI=1S/C17H35N3O9Si2/c1-8-9-10-18-15(21)19(11-13-30(24-2,25-3)26-4)17(23)20(16(18)22)12-14-31(27-5,28-6)29-7/h8-14H2,1-7H3. The molecule has 31 heavy (non-hydrogen) atoms. The Morgan fingerprint density at radius 3 is 1.13 bits per heavy atom. The van der Waals surface area contributed by atoms with Gasteiger partial charge in [0.2, 0.25) is 0 Å². The van der Waals surface area contributed by atoms with Crippen molar-refractivity contribution in [3.05, 3.63) is 31.5 Å². The van der Waals surface area contributed by atoms with E-state index in [4.69, 9.17) is 26.6 Å². The summed E-state index contributed by atoms with van der Waals surface area (Å²) in [7, 11) is 2.64. The molecule has 0 spiro atoms. The van der Waals surface area contributed by atoms with Gasteiger partial charge in [-0.3, -0.25) is 0 Å². The van der Waals surface area contributed by atoms with E-state index in [1.165, 1.54) is 42.7 Å². The van der Waals surface area contributed by atoms with E-state index in [0.29, 0.717) is 6.42 Å². The van der Waals surface area contributed by atoms with Crippen LogP contribution in [-0.4, -0.2) is 74.0 Å². The summed E-state index contributed by atoms with van der Waals surface area (Å²) in [5.41, 5.74) is -2.06. The molecule has 1 heterocycles. The molecule has 0 fully saturated rings. The lowest BCUT2D eigenvalue weighted by Crippen LogP contribution is -2.56. The molecule has 0 aliphatic carbocycles. The van der Waals surface area contributed by atoms with Crippen LogP contribution in [0.1, 0.15) is 19.8 Å². The highest BCUT2D eigenvalue weighted by Gasteiger charge is 2.39. The molecule has 12 nitrogen and oxygen atoms in total. The van der Waals surface area contributed by atoms with E-state index >= 15 is 0 Å². The topological polar surface area (TPSA) is 121 Å². The Kier molecular flexibility index (Phi) is 11.2. The van der Waals surface area contributed by atoms with Gasteiger partial charge in [-0.25, -0.2) is 28.1 Å². The summed E-state index contributed by atoms with van der Waals surface area (Å²) in [4.78, 5) is 39.0. The maximum absolute atomic E-state index is 13.1. The van der Waals surface area contributed by atoms with E-state index in [0.717, 1.165) is 20.1 Å². The fraction of sp³-hybridized carbons (Fsp3) is 0.824. The monoisotopic (exact) mass is 481 g/mol. The molecule has 14 heteroatoms. The Balaban J connectivity index is 3.47. The van der Waals surface area contributed by atoms with Gasteiger partial charge in [-0.2, -0.15) is 0 Å². The maximum Gasteiger partial charge on any atom is 0.501 e. The SMILES string of the molecule is CCCCn1c(=O)n(CC[Si](OC)(OC)OC)c(=O)n(CC[Si](OC)(OC)OC)c1=O. The van der Waals surface area contributed by atoms with Gasteiger partial charge in [0.05, 0.1) is 0 Å². The molecule has 0 N–H and O–H groups in total. The maximum atomic E-state index is 13.1. The Morgan fingerprint density at radius 1 is 0.581 bits per heavy atom. The lowest BCUT2D eigenvalue weighted by molar-refractivity contribution is 0.121. The van der Waals surface area contributed by atoms with Gasteiger partial charge in [0.1, 0.15) is 0 Å². The van der Waals surface area contributed by atoms with E-state index in [9.17, 15) is 14.4 Å². The molecule has 1 rings (SSSR count). The van der Waals surface area contributed by atoms with Gasteiger partial charge in [-0.15, -0.1) is 0 Å². The first kappa shape index (κ1) is 27.6. The summed E-state index contributed by atoms with van der Waals surface area (Å²) in [6, 6.07) is 0.370. The highest BCUT2D eigenvalue weighted by molar-refractivity contribution is 6.60. The van der Waals surface area contributed by atoms with Crippen LogP contribution in [0.5, 0.6) is 0 Å². The minimum Gasteiger partial charge on any atom is -0.377 e. The first-order valence-electron chi connectivity index (χ1n) is 9.99. The molecule has 0 saturated carbocycles. The van der Waals surface area contributed by atoms with Gasteiger partial charge in [-0.1, -0.05) is 13.3 Å². The zero-order chi connectivity index (χ0) is 23.7. The largest absolute Gasteiger partial charge is 0.501 e. The van der Waals surface area contributed by atoms with Crippen LogP contribution < -0.4 is 17.1 Å². The predicted octanol–water partition coefficient (Wildman–Crippen LogP) is -0.272. The van der Waals surface area contributed by atoms with Crippen molar-refractivity contribution in [2.24, 2.45) is 0 Å². The van der Waals surface area contributed by atoms with Crippen LogP contribution in [0.25, 0.3) is 0 Å². The van der Waals surface area contributed by atoms with Gasteiger partial charge >= 0.3 is 34.7 Å². The summed E-state index contributed by atoms with van der Waals surface area (Å²) < 4.78 is 35.4. The van der Waals surface area contributed by atoms with Crippen molar-refractivity contribution < 1.29 is 26.6 Å². The smallest absolute Gasteiger partial charge is 0.377 e. The lowest BCUT2D eigenvalue weighted by atomic mass is 10.3. The highest BCUT2D eigenvalue weighted by Crippen LogP contribution is 2.14. The second kappa shape index (κ2) is 12.6. The highest BCUT2D eigenvalue weighted by atomic mass is 28.4. The molecule has 0 saturated heterocycles. The predicted molar refractivity (Wildman–Crippen MR) is 117 cm³/mol. The molecule has 0 aliphatic heterocycles. The van der Waals surface area contributed by atoms with Gasteiger partial charge in [0.25, 0.3) is 0 Å². The third-order valence-corrected chi connectivity index (χ3v) is 10.7. The molecule has 0 aromatic carbocycles. The summed E-state index contributed by atoms with van der Waals surface area (Å²) >= 11 is 0.